The maximum Gasteiger partial charge on any atom is 0.225 e. The summed E-state index contributed by atoms with van der Waals surface area (Å²) in [5, 5.41) is 7.41. The van der Waals surface area contributed by atoms with Gasteiger partial charge in [0, 0.05) is 37.8 Å². The molecule has 0 bridgehead atoms. The molecule has 132 valence electrons. The Morgan fingerprint density at radius 3 is 2.75 bits per heavy atom. The SMILES string of the molecule is Cc1cc(C)n(CCCNC(=O)C2CC(=O)N(C3CCCC3)C2)n1. The lowest BCUT2D eigenvalue weighted by Crippen LogP contribution is -2.37. The highest BCUT2D eigenvalue weighted by molar-refractivity contribution is 5.89. The number of carbonyl (C=O) groups is 2. The quantitative estimate of drug-likeness (QED) is 0.808. The zero-order valence-electron chi connectivity index (χ0n) is 14.8. The molecule has 1 aromatic heterocycles. The summed E-state index contributed by atoms with van der Waals surface area (Å²) in [7, 11) is 0. The molecule has 0 aromatic carbocycles. The van der Waals surface area contributed by atoms with E-state index in [1.54, 1.807) is 0 Å². The van der Waals surface area contributed by atoms with E-state index >= 15 is 0 Å². The first-order valence-corrected chi connectivity index (χ1v) is 9.13. The van der Waals surface area contributed by atoms with Crippen LogP contribution in [0.3, 0.4) is 0 Å². The van der Waals surface area contributed by atoms with Crippen LogP contribution in [-0.4, -0.2) is 45.6 Å². The predicted molar refractivity (Wildman–Crippen MR) is 91.4 cm³/mol. The number of carbonyl (C=O) groups excluding carboxylic acids is 2. The summed E-state index contributed by atoms with van der Waals surface area (Å²) in [6.45, 7) is 6.06. The van der Waals surface area contributed by atoms with Crippen LogP contribution in [0.5, 0.6) is 0 Å². The number of aromatic nitrogens is 2. The standard InChI is InChI=1S/C18H28N4O2/c1-13-10-14(2)22(20-13)9-5-8-19-18(24)15-11-17(23)21(12-15)16-6-3-4-7-16/h10,15-16H,3-9,11-12H2,1-2H3,(H,19,24). The van der Waals surface area contributed by atoms with Crippen LogP contribution < -0.4 is 5.32 Å². The van der Waals surface area contributed by atoms with E-state index in [4.69, 9.17) is 0 Å². The number of hydrogen-bond donors (Lipinski definition) is 1. The number of amides is 2. The van der Waals surface area contributed by atoms with Gasteiger partial charge in [-0.2, -0.15) is 5.10 Å². The maximum absolute atomic E-state index is 12.3. The van der Waals surface area contributed by atoms with Crippen molar-refractivity contribution in [2.75, 3.05) is 13.1 Å². The molecule has 1 saturated heterocycles. The fourth-order valence-corrected chi connectivity index (χ4v) is 3.96. The number of likely N-dealkylation sites (tertiary alicyclic amines) is 1. The van der Waals surface area contributed by atoms with Gasteiger partial charge in [-0.15, -0.1) is 0 Å². The summed E-state index contributed by atoms with van der Waals surface area (Å²) in [4.78, 5) is 26.4. The van der Waals surface area contributed by atoms with E-state index in [0.29, 0.717) is 25.6 Å². The van der Waals surface area contributed by atoms with Crippen molar-refractivity contribution in [1.82, 2.24) is 20.0 Å². The molecule has 0 spiro atoms. The summed E-state index contributed by atoms with van der Waals surface area (Å²) in [5.41, 5.74) is 2.17. The lowest BCUT2D eigenvalue weighted by Gasteiger charge is -2.23. The van der Waals surface area contributed by atoms with Crippen molar-refractivity contribution in [1.29, 1.82) is 0 Å². The Bertz CT molecular complexity index is 604. The third-order valence-corrected chi connectivity index (χ3v) is 5.24. The first-order chi connectivity index (χ1) is 11.5. The van der Waals surface area contributed by atoms with Crippen molar-refractivity contribution >= 4 is 11.8 Å². The highest BCUT2D eigenvalue weighted by Crippen LogP contribution is 2.29. The summed E-state index contributed by atoms with van der Waals surface area (Å²) in [6.07, 6.45) is 5.83. The minimum atomic E-state index is -0.174. The molecule has 1 aromatic rings. The Morgan fingerprint density at radius 1 is 1.33 bits per heavy atom. The van der Waals surface area contributed by atoms with Crippen LogP contribution >= 0.6 is 0 Å². The van der Waals surface area contributed by atoms with Gasteiger partial charge in [-0.1, -0.05) is 12.8 Å². The van der Waals surface area contributed by atoms with E-state index in [1.165, 1.54) is 12.8 Å². The van der Waals surface area contributed by atoms with Gasteiger partial charge in [-0.25, -0.2) is 0 Å². The number of rotatable bonds is 6. The van der Waals surface area contributed by atoms with Crippen molar-refractivity contribution in [2.45, 2.75) is 65.0 Å². The van der Waals surface area contributed by atoms with Crippen LogP contribution in [0.4, 0.5) is 0 Å². The Balaban J connectivity index is 1.41. The highest BCUT2D eigenvalue weighted by atomic mass is 16.2. The molecule has 2 heterocycles. The Labute approximate surface area is 143 Å². The van der Waals surface area contributed by atoms with Crippen molar-refractivity contribution in [2.24, 2.45) is 5.92 Å². The lowest BCUT2D eigenvalue weighted by molar-refractivity contribution is -0.130. The van der Waals surface area contributed by atoms with Crippen molar-refractivity contribution in [3.05, 3.63) is 17.5 Å². The molecule has 6 nitrogen and oxygen atoms in total. The van der Waals surface area contributed by atoms with Crippen molar-refractivity contribution in [3.8, 4) is 0 Å². The molecular weight excluding hydrogens is 304 g/mol. The van der Waals surface area contributed by atoms with Gasteiger partial charge in [-0.05, 0) is 39.2 Å². The fraction of sp³-hybridized carbons (Fsp3) is 0.722. The molecule has 2 amide bonds. The van der Waals surface area contributed by atoms with Crippen LogP contribution in [0, 0.1) is 19.8 Å². The molecule has 2 aliphatic rings. The molecule has 3 rings (SSSR count). The minimum Gasteiger partial charge on any atom is -0.356 e. The Hall–Kier alpha value is -1.85. The van der Waals surface area contributed by atoms with Crippen LogP contribution in [0.1, 0.15) is 49.9 Å². The second kappa shape index (κ2) is 7.36. The largest absolute Gasteiger partial charge is 0.356 e. The minimum absolute atomic E-state index is 0.0252. The molecule has 2 fully saturated rings. The van der Waals surface area contributed by atoms with Gasteiger partial charge < -0.3 is 10.2 Å². The van der Waals surface area contributed by atoms with Crippen molar-refractivity contribution < 1.29 is 9.59 Å². The van der Waals surface area contributed by atoms with E-state index < -0.39 is 0 Å². The number of hydrogen-bond acceptors (Lipinski definition) is 3. The van der Waals surface area contributed by atoms with Gasteiger partial charge in [-0.3, -0.25) is 14.3 Å². The Kier molecular flexibility index (Phi) is 5.21. The molecule has 6 heteroatoms. The highest BCUT2D eigenvalue weighted by Gasteiger charge is 2.38. The molecule has 1 aliphatic heterocycles. The summed E-state index contributed by atoms with van der Waals surface area (Å²) >= 11 is 0. The number of aryl methyl sites for hydroxylation is 3. The average Bonchev–Trinajstić information content (AvgIpc) is 3.24. The van der Waals surface area contributed by atoms with Crippen LogP contribution in [0.2, 0.25) is 0 Å². The smallest absolute Gasteiger partial charge is 0.225 e. The average molecular weight is 332 g/mol. The molecule has 0 radical (unpaired) electrons. The van der Waals surface area contributed by atoms with E-state index in [2.05, 4.69) is 16.5 Å². The summed E-state index contributed by atoms with van der Waals surface area (Å²) in [5.74, 6) is 0.00805. The van der Waals surface area contributed by atoms with E-state index in [-0.39, 0.29) is 17.7 Å². The molecule has 1 aliphatic carbocycles. The van der Waals surface area contributed by atoms with Gasteiger partial charge >= 0.3 is 0 Å². The predicted octanol–water partition coefficient (Wildman–Crippen LogP) is 1.80. The van der Waals surface area contributed by atoms with E-state index in [1.807, 2.05) is 23.4 Å². The third kappa shape index (κ3) is 3.79. The van der Waals surface area contributed by atoms with Gasteiger partial charge in [0.25, 0.3) is 0 Å². The first kappa shape index (κ1) is 17.0. The monoisotopic (exact) mass is 332 g/mol. The molecular formula is C18H28N4O2. The summed E-state index contributed by atoms with van der Waals surface area (Å²) < 4.78 is 1.97. The van der Waals surface area contributed by atoms with Gasteiger partial charge in [0.2, 0.25) is 11.8 Å². The third-order valence-electron chi connectivity index (χ3n) is 5.24. The second-order valence-corrected chi connectivity index (χ2v) is 7.18. The lowest BCUT2D eigenvalue weighted by atomic mass is 10.1. The second-order valence-electron chi connectivity index (χ2n) is 7.18. The van der Waals surface area contributed by atoms with E-state index in [9.17, 15) is 9.59 Å². The van der Waals surface area contributed by atoms with Gasteiger partial charge in [0.1, 0.15) is 0 Å². The topological polar surface area (TPSA) is 67.2 Å². The van der Waals surface area contributed by atoms with Crippen molar-refractivity contribution in [3.63, 3.8) is 0 Å². The number of nitrogens with zero attached hydrogens (tertiary/aromatic N) is 3. The van der Waals surface area contributed by atoms with Gasteiger partial charge in [0.15, 0.2) is 0 Å². The zero-order valence-corrected chi connectivity index (χ0v) is 14.8. The molecule has 1 unspecified atom stereocenters. The number of nitrogens with one attached hydrogen (secondary N) is 1. The maximum atomic E-state index is 12.3. The molecule has 1 atom stereocenters. The van der Waals surface area contributed by atoms with Crippen LogP contribution in [-0.2, 0) is 16.1 Å². The normalized spacial score (nSPS) is 21.7. The first-order valence-electron chi connectivity index (χ1n) is 9.13. The summed E-state index contributed by atoms with van der Waals surface area (Å²) in [6, 6.07) is 2.43. The molecule has 24 heavy (non-hydrogen) atoms. The van der Waals surface area contributed by atoms with Crippen LogP contribution in [0.25, 0.3) is 0 Å². The van der Waals surface area contributed by atoms with E-state index in [0.717, 1.165) is 37.2 Å². The Morgan fingerprint density at radius 2 is 2.08 bits per heavy atom. The van der Waals surface area contributed by atoms with Gasteiger partial charge in [0.05, 0.1) is 11.6 Å². The van der Waals surface area contributed by atoms with Crippen LogP contribution in [0.15, 0.2) is 6.07 Å². The molecule has 1 saturated carbocycles. The zero-order chi connectivity index (χ0) is 17.1. The fourth-order valence-electron chi connectivity index (χ4n) is 3.96. The molecule has 1 N–H and O–H groups in total.